The Morgan fingerprint density at radius 3 is 2.39 bits per heavy atom. The summed E-state index contributed by atoms with van der Waals surface area (Å²) in [7, 11) is 0. The van der Waals surface area contributed by atoms with E-state index in [1.165, 1.54) is 5.56 Å². The van der Waals surface area contributed by atoms with Crippen LogP contribution >= 0.6 is 0 Å². The molecule has 3 aliphatic rings. The van der Waals surface area contributed by atoms with E-state index in [9.17, 15) is 15.0 Å². The minimum Gasteiger partial charge on any atom is -0.459 e. The van der Waals surface area contributed by atoms with E-state index in [0.717, 1.165) is 70.0 Å². The molecule has 66 heavy (non-hydrogen) atoms. The Hall–Kier alpha value is -5.94. The summed E-state index contributed by atoms with van der Waals surface area (Å²) in [6.07, 6.45) is 8.47. The first-order valence-electron chi connectivity index (χ1n) is 23.7. The zero-order chi connectivity index (χ0) is 46.0. The van der Waals surface area contributed by atoms with Crippen molar-refractivity contribution in [1.29, 1.82) is 0 Å². The summed E-state index contributed by atoms with van der Waals surface area (Å²) in [5.41, 5.74) is 6.91. The van der Waals surface area contributed by atoms with Gasteiger partial charge in [0.1, 0.15) is 29.9 Å². The van der Waals surface area contributed by atoms with Gasteiger partial charge in [-0.15, -0.1) is 6.58 Å². The molecule has 10 heteroatoms. The van der Waals surface area contributed by atoms with Crippen LogP contribution in [0, 0.1) is 31.6 Å². The number of aliphatic hydroxyl groups excluding tert-OH is 2. The predicted octanol–water partition coefficient (Wildman–Crippen LogP) is 11.7. The first kappa shape index (κ1) is 46.6. The first-order chi connectivity index (χ1) is 32.3. The Bertz CT molecular complexity index is 2520. The number of amides is 1. The van der Waals surface area contributed by atoms with Crippen LogP contribution in [0.3, 0.4) is 0 Å². The van der Waals surface area contributed by atoms with Crippen molar-refractivity contribution in [3.8, 4) is 17.2 Å². The Morgan fingerprint density at radius 2 is 1.62 bits per heavy atom. The highest BCUT2D eigenvalue weighted by molar-refractivity contribution is 6.03. The molecule has 10 nitrogen and oxygen atoms in total. The topological polar surface area (TPSA) is 119 Å². The zero-order valence-electron chi connectivity index (χ0n) is 38.6. The van der Waals surface area contributed by atoms with Gasteiger partial charge in [-0.05, 0) is 127 Å². The molecule has 0 bridgehead atoms. The van der Waals surface area contributed by atoms with Crippen LogP contribution in [0.2, 0.25) is 0 Å². The third kappa shape index (κ3) is 9.92. The lowest BCUT2D eigenvalue weighted by Gasteiger charge is -2.59. The molecule has 1 amide bonds. The molecular weight excluding hydrogens is 829 g/mol. The molecule has 0 radical (unpaired) electrons. The number of carbonyl (C=O) groups excluding carboxylic acids is 1. The molecule has 6 atom stereocenters. The third-order valence-electron chi connectivity index (χ3n) is 13.7. The maximum Gasteiger partial charge on any atom is 0.410 e. The van der Waals surface area contributed by atoms with Crippen molar-refractivity contribution >= 4 is 22.6 Å². The maximum absolute atomic E-state index is 14.8. The Labute approximate surface area is 389 Å². The predicted molar refractivity (Wildman–Crippen MR) is 259 cm³/mol. The number of nitrogens with zero attached hydrogens (tertiary/aromatic N) is 2. The van der Waals surface area contributed by atoms with Crippen molar-refractivity contribution < 1.29 is 38.8 Å². The van der Waals surface area contributed by atoms with Gasteiger partial charge in [0.05, 0.1) is 31.4 Å². The van der Waals surface area contributed by atoms with Crippen LogP contribution in [0.15, 0.2) is 139 Å². The van der Waals surface area contributed by atoms with Gasteiger partial charge in [-0.25, -0.2) is 4.79 Å². The number of carbonyl (C=O) groups is 1. The summed E-state index contributed by atoms with van der Waals surface area (Å²) in [5, 5.41) is 27.2. The quantitative estimate of drug-likeness (QED) is 0.0450. The lowest BCUT2D eigenvalue weighted by atomic mass is 9.55. The largest absolute Gasteiger partial charge is 0.459 e. The van der Waals surface area contributed by atoms with Gasteiger partial charge in [0.2, 0.25) is 5.79 Å². The second-order valence-electron chi connectivity index (χ2n) is 17.8. The Morgan fingerprint density at radius 1 is 0.879 bits per heavy atom. The van der Waals surface area contributed by atoms with Gasteiger partial charge < -0.3 is 34.0 Å². The van der Waals surface area contributed by atoms with E-state index < -0.39 is 23.8 Å². The summed E-state index contributed by atoms with van der Waals surface area (Å²) >= 11 is 0. The van der Waals surface area contributed by atoms with Crippen molar-refractivity contribution in [2.75, 3.05) is 26.4 Å². The minimum atomic E-state index is -1.45. The van der Waals surface area contributed by atoms with Crippen LogP contribution < -0.4 is 9.47 Å². The molecule has 5 aromatic rings. The number of hydrogen-bond acceptors (Lipinski definition) is 9. The average molecular weight is 893 g/mol. The van der Waals surface area contributed by atoms with Crippen molar-refractivity contribution in [2.24, 2.45) is 22.9 Å². The van der Waals surface area contributed by atoms with Crippen LogP contribution in [0.4, 0.5) is 4.79 Å². The average Bonchev–Trinajstić information content (AvgIpc) is 3.33. The lowest BCUT2D eigenvalue weighted by Crippen LogP contribution is -2.70. The normalized spacial score (nSPS) is 22.4. The molecular formula is C56H64N2O8. The molecule has 0 unspecified atom stereocenters. The fraction of sp³-hybridized carbons (Fsp3) is 0.393. The summed E-state index contributed by atoms with van der Waals surface area (Å²) in [5.74, 6) is 0.0377. The molecule has 1 heterocycles. The number of ether oxygens (including phenoxy) is 4. The van der Waals surface area contributed by atoms with Gasteiger partial charge >= 0.3 is 6.09 Å². The second kappa shape index (κ2) is 21.6. The monoisotopic (exact) mass is 892 g/mol. The van der Waals surface area contributed by atoms with Gasteiger partial charge in [0.25, 0.3) is 0 Å². The van der Waals surface area contributed by atoms with Crippen molar-refractivity contribution in [3.05, 3.63) is 161 Å². The number of fused-ring (bicyclic) bond motifs is 3. The highest BCUT2D eigenvalue weighted by Gasteiger charge is 2.65. The molecule has 1 saturated carbocycles. The summed E-state index contributed by atoms with van der Waals surface area (Å²) in [6, 6.07) is 35.7. The van der Waals surface area contributed by atoms with E-state index in [-0.39, 0.29) is 63.8 Å². The Kier molecular flexibility index (Phi) is 15.2. The van der Waals surface area contributed by atoms with Crippen molar-refractivity contribution in [3.63, 3.8) is 0 Å². The molecule has 1 fully saturated rings. The van der Waals surface area contributed by atoms with Gasteiger partial charge in [0, 0.05) is 31.1 Å². The molecule has 346 valence electrons. The van der Waals surface area contributed by atoms with Crippen molar-refractivity contribution in [2.45, 2.75) is 96.6 Å². The van der Waals surface area contributed by atoms with Gasteiger partial charge in [0.15, 0.2) is 0 Å². The van der Waals surface area contributed by atoms with Crippen LogP contribution in [0.5, 0.6) is 17.2 Å². The molecule has 0 spiro atoms. The maximum atomic E-state index is 14.8. The van der Waals surface area contributed by atoms with Gasteiger partial charge in [-0.1, -0.05) is 109 Å². The number of hydrogen-bond donors (Lipinski definition) is 2. The molecule has 8 rings (SSSR count). The molecule has 0 saturated heterocycles. The number of aliphatic hydroxyl groups is 2. The van der Waals surface area contributed by atoms with Gasteiger partial charge in [-0.2, -0.15) is 0 Å². The van der Waals surface area contributed by atoms with E-state index in [1.54, 1.807) is 11.0 Å². The summed E-state index contributed by atoms with van der Waals surface area (Å²) in [4.78, 5) is 22.9. The Balaban J connectivity index is 1.35. The highest BCUT2D eigenvalue weighted by Crippen LogP contribution is 2.62. The van der Waals surface area contributed by atoms with E-state index in [0.29, 0.717) is 30.1 Å². The third-order valence-corrected chi connectivity index (χ3v) is 13.7. The number of aryl methyl sites for hydroxylation is 2. The SMILES string of the molecule is C=CCO[C@@]12Oc3ccc(Oc4ccc(C)c(C)c4)cc3[C@H]3[C@H](CCCCO)[C@@H](CCCCO)C=C(C(=NOCc4ccccc4)C[C@@H]1N(Cc1cccc4ccccc14)C(=O)OCC)[C@H]32. The molecule has 2 aliphatic carbocycles. The van der Waals surface area contributed by atoms with Gasteiger partial charge in [-0.3, -0.25) is 4.90 Å². The van der Waals surface area contributed by atoms with E-state index in [2.05, 4.69) is 69.0 Å². The van der Waals surface area contributed by atoms with E-state index in [4.69, 9.17) is 28.9 Å². The fourth-order valence-corrected chi connectivity index (χ4v) is 10.5. The van der Waals surface area contributed by atoms with Crippen LogP contribution in [0.25, 0.3) is 10.8 Å². The van der Waals surface area contributed by atoms with Crippen molar-refractivity contribution in [1.82, 2.24) is 4.90 Å². The number of rotatable bonds is 20. The van der Waals surface area contributed by atoms with Crippen LogP contribution in [-0.4, -0.2) is 65.2 Å². The number of allylic oxidation sites excluding steroid dienone is 1. The minimum absolute atomic E-state index is 0.0505. The molecule has 5 aromatic carbocycles. The molecule has 0 aromatic heterocycles. The van der Waals surface area contributed by atoms with E-state index >= 15 is 0 Å². The highest BCUT2D eigenvalue weighted by atomic mass is 16.7. The number of oxime groups is 1. The standard InChI is InChI=1S/C56H64N2O8/c1-5-31-63-56-52(58(55(61)62-6-2)36-43-22-16-21-41-19-10-11-23-46(41)43)35-50(57-64-37-40-17-8-7-9-18-40)48-33-42(20-12-14-29-59)47(24-13-15-30-60)53(54(48)56)49-34-45(27-28-51(49)66-56)65-44-26-25-38(3)39(4)32-44/h5,7-11,16-19,21-23,25-28,32-34,42,47,52-54,59-60H,1,6,12-15,20,24,29-31,35-37H2,2-4H3/t42-,47+,52-,53+,54+,56+/m0/s1. The first-order valence-corrected chi connectivity index (χ1v) is 23.7. The van der Waals surface area contributed by atoms with Crippen LogP contribution in [-0.2, 0) is 27.5 Å². The molecule has 1 aliphatic heterocycles. The summed E-state index contributed by atoms with van der Waals surface area (Å²) < 4.78 is 27.3. The smallest absolute Gasteiger partial charge is 0.410 e. The second-order valence-corrected chi connectivity index (χ2v) is 17.8. The lowest BCUT2D eigenvalue weighted by molar-refractivity contribution is -0.256. The fourth-order valence-electron chi connectivity index (χ4n) is 10.5. The molecule has 2 N–H and O–H groups in total. The number of unbranched alkanes of at least 4 members (excludes halogenated alkanes) is 2. The van der Waals surface area contributed by atoms with Crippen LogP contribution in [0.1, 0.15) is 85.6 Å². The van der Waals surface area contributed by atoms with E-state index in [1.807, 2.05) is 73.7 Å². The number of benzene rings is 5. The summed E-state index contributed by atoms with van der Waals surface area (Å²) in [6.45, 7) is 11.1. The zero-order valence-corrected chi connectivity index (χ0v) is 38.6.